The Balaban J connectivity index is 2.08. The lowest BCUT2D eigenvalue weighted by atomic mass is 10.0. The Labute approximate surface area is 126 Å². The largest absolute Gasteiger partial charge is 0.325 e. The standard InChI is InChI=1S/C17H22N4/c1-3-21-9-8-15-14(11-21)16(10-18)20-17(19-15)13-7-5-4-6-12(13)2/h4-7H,3,8-11,18H2,1-2H3. The topological polar surface area (TPSA) is 55.0 Å². The minimum absolute atomic E-state index is 0.474. The molecule has 0 saturated heterocycles. The van der Waals surface area contributed by atoms with Crippen molar-refractivity contribution in [1.82, 2.24) is 14.9 Å². The van der Waals surface area contributed by atoms with Gasteiger partial charge in [-0.05, 0) is 19.0 Å². The average molecular weight is 282 g/mol. The highest BCUT2D eigenvalue weighted by molar-refractivity contribution is 5.60. The van der Waals surface area contributed by atoms with Crippen LogP contribution >= 0.6 is 0 Å². The Hall–Kier alpha value is -1.78. The van der Waals surface area contributed by atoms with Gasteiger partial charge in [-0.3, -0.25) is 4.90 Å². The minimum Gasteiger partial charge on any atom is -0.325 e. The molecule has 1 aliphatic rings. The number of hydrogen-bond acceptors (Lipinski definition) is 4. The van der Waals surface area contributed by atoms with E-state index in [4.69, 9.17) is 15.7 Å². The third-order valence-electron chi connectivity index (χ3n) is 4.25. The van der Waals surface area contributed by atoms with Crippen molar-refractivity contribution in [1.29, 1.82) is 0 Å². The van der Waals surface area contributed by atoms with E-state index in [1.165, 1.54) is 16.8 Å². The van der Waals surface area contributed by atoms with Crippen LogP contribution in [0.4, 0.5) is 0 Å². The first-order valence-electron chi connectivity index (χ1n) is 7.60. The molecule has 21 heavy (non-hydrogen) atoms. The Morgan fingerprint density at radius 3 is 2.76 bits per heavy atom. The molecule has 3 rings (SSSR count). The molecule has 2 heterocycles. The fourth-order valence-electron chi connectivity index (χ4n) is 2.92. The second-order valence-corrected chi connectivity index (χ2v) is 5.56. The summed E-state index contributed by atoms with van der Waals surface area (Å²) >= 11 is 0. The van der Waals surface area contributed by atoms with Gasteiger partial charge < -0.3 is 5.73 Å². The molecule has 0 amide bonds. The Kier molecular flexibility index (Phi) is 3.99. The number of aromatic nitrogens is 2. The molecule has 0 radical (unpaired) electrons. The molecular weight excluding hydrogens is 260 g/mol. The maximum atomic E-state index is 5.94. The van der Waals surface area contributed by atoms with E-state index in [0.29, 0.717) is 6.54 Å². The molecule has 0 bridgehead atoms. The Morgan fingerprint density at radius 1 is 1.24 bits per heavy atom. The summed E-state index contributed by atoms with van der Waals surface area (Å²) in [5.74, 6) is 0.817. The van der Waals surface area contributed by atoms with Gasteiger partial charge in [0.1, 0.15) is 0 Å². The lowest BCUT2D eigenvalue weighted by Crippen LogP contribution is -2.32. The van der Waals surface area contributed by atoms with E-state index in [9.17, 15) is 0 Å². The first-order valence-corrected chi connectivity index (χ1v) is 7.60. The molecular formula is C17H22N4. The summed E-state index contributed by atoms with van der Waals surface area (Å²) in [6, 6.07) is 8.25. The molecule has 110 valence electrons. The smallest absolute Gasteiger partial charge is 0.159 e. The van der Waals surface area contributed by atoms with E-state index in [1.807, 2.05) is 12.1 Å². The summed E-state index contributed by atoms with van der Waals surface area (Å²) in [5.41, 5.74) is 11.7. The third kappa shape index (κ3) is 2.69. The lowest BCUT2D eigenvalue weighted by molar-refractivity contribution is 0.264. The van der Waals surface area contributed by atoms with Crippen LogP contribution in [0.3, 0.4) is 0 Å². The Morgan fingerprint density at radius 2 is 2.05 bits per heavy atom. The average Bonchev–Trinajstić information content (AvgIpc) is 2.53. The van der Waals surface area contributed by atoms with Gasteiger partial charge in [0.05, 0.1) is 11.4 Å². The van der Waals surface area contributed by atoms with E-state index < -0.39 is 0 Å². The van der Waals surface area contributed by atoms with Crippen LogP contribution in [0.15, 0.2) is 24.3 Å². The summed E-state index contributed by atoms with van der Waals surface area (Å²) in [6.07, 6.45) is 0.984. The fourth-order valence-corrected chi connectivity index (χ4v) is 2.92. The third-order valence-corrected chi connectivity index (χ3v) is 4.25. The summed E-state index contributed by atoms with van der Waals surface area (Å²) < 4.78 is 0. The molecule has 0 unspecified atom stereocenters. The molecule has 0 aliphatic carbocycles. The van der Waals surface area contributed by atoms with Crippen molar-refractivity contribution in [2.24, 2.45) is 5.73 Å². The number of likely N-dealkylation sites (N-methyl/N-ethyl adjacent to an activating group) is 1. The lowest BCUT2D eigenvalue weighted by Gasteiger charge is -2.28. The van der Waals surface area contributed by atoms with Crippen molar-refractivity contribution < 1.29 is 0 Å². The van der Waals surface area contributed by atoms with E-state index in [2.05, 4.69) is 30.9 Å². The van der Waals surface area contributed by atoms with Crippen LogP contribution in [0.5, 0.6) is 0 Å². The maximum Gasteiger partial charge on any atom is 0.159 e. The number of nitrogens with two attached hydrogens (primary N) is 1. The zero-order valence-electron chi connectivity index (χ0n) is 12.8. The molecule has 0 saturated carbocycles. The van der Waals surface area contributed by atoms with Crippen LogP contribution < -0.4 is 5.73 Å². The van der Waals surface area contributed by atoms with E-state index in [1.54, 1.807) is 0 Å². The first-order chi connectivity index (χ1) is 10.2. The van der Waals surface area contributed by atoms with E-state index >= 15 is 0 Å². The van der Waals surface area contributed by atoms with Gasteiger partial charge in [0.25, 0.3) is 0 Å². The summed E-state index contributed by atoms with van der Waals surface area (Å²) in [4.78, 5) is 12.0. The van der Waals surface area contributed by atoms with Crippen LogP contribution in [0.25, 0.3) is 11.4 Å². The van der Waals surface area contributed by atoms with Gasteiger partial charge in [-0.15, -0.1) is 0 Å². The van der Waals surface area contributed by atoms with Gasteiger partial charge in [-0.2, -0.15) is 0 Å². The molecule has 4 nitrogen and oxygen atoms in total. The zero-order chi connectivity index (χ0) is 14.8. The van der Waals surface area contributed by atoms with Gasteiger partial charge >= 0.3 is 0 Å². The van der Waals surface area contributed by atoms with Crippen LogP contribution in [0.2, 0.25) is 0 Å². The van der Waals surface area contributed by atoms with Gasteiger partial charge in [0.2, 0.25) is 0 Å². The zero-order valence-corrected chi connectivity index (χ0v) is 12.8. The quantitative estimate of drug-likeness (QED) is 0.938. The van der Waals surface area contributed by atoms with Crippen LogP contribution in [0.1, 0.15) is 29.4 Å². The van der Waals surface area contributed by atoms with Crippen LogP contribution in [-0.2, 0) is 19.5 Å². The number of hydrogen-bond donors (Lipinski definition) is 1. The highest BCUT2D eigenvalue weighted by Gasteiger charge is 2.21. The Bertz CT molecular complexity index is 634. The second kappa shape index (κ2) is 5.92. The van der Waals surface area contributed by atoms with Crippen molar-refractivity contribution in [3.63, 3.8) is 0 Å². The summed E-state index contributed by atoms with van der Waals surface area (Å²) in [7, 11) is 0. The van der Waals surface area contributed by atoms with E-state index in [0.717, 1.165) is 43.1 Å². The number of aryl methyl sites for hydroxylation is 1. The van der Waals surface area contributed by atoms with E-state index in [-0.39, 0.29) is 0 Å². The molecule has 0 atom stereocenters. The van der Waals surface area contributed by atoms with Gasteiger partial charge in [0, 0.05) is 37.2 Å². The monoisotopic (exact) mass is 282 g/mol. The summed E-state index contributed by atoms with van der Waals surface area (Å²) in [5, 5.41) is 0. The summed E-state index contributed by atoms with van der Waals surface area (Å²) in [6.45, 7) is 7.81. The van der Waals surface area contributed by atoms with Gasteiger partial charge in [-0.25, -0.2) is 9.97 Å². The van der Waals surface area contributed by atoms with Crippen LogP contribution in [0, 0.1) is 6.92 Å². The molecule has 1 aromatic carbocycles. The molecule has 2 N–H and O–H groups in total. The molecule has 0 spiro atoms. The minimum atomic E-state index is 0.474. The molecule has 0 fully saturated rings. The fraction of sp³-hybridized carbons (Fsp3) is 0.412. The first kappa shape index (κ1) is 14.2. The maximum absolute atomic E-state index is 5.94. The van der Waals surface area contributed by atoms with Crippen LogP contribution in [-0.4, -0.2) is 28.0 Å². The normalized spacial score (nSPS) is 15.0. The van der Waals surface area contributed by atoms with Crippen molar-refractivity contribution >= 4 is 0 Å². The van der Waals surface area contributed by atoms with Gasteiger partial charge in [0.15, 0.2) is 5.82 Å². The van der Waals surface area contributed by atoms with Gasteiger partial charge in [-0.1, -0.05) is 31.2 Å². The number of fused-ring (bicyclic) bond motifs is 1. The molecule has 4 heteroatoms. The molecule has 1 aromatic heterocycles. The van der Waals surface area contributed by atoms with Crippen molar-refractivity contribution in [2.45, 2.75) is 33.4 Å². The highest BCUT2D eigenvalue weighted by Crippen LogP contribution is 2.25. The number of rotatable bonds is 3. The number of nitrogens with zero attached hydrogens (tertiary/aromatic N) is 3. The predicted molar refractivity (Wildman–Crippen MR) is 84.8 cm³/mol. The van der Waals surface area contributed by atoms with Crippen molar-refractivity contribution in [3.8, 4) is 11.4 Å². The number of benzene rings is 1. The van der Waals surface area contributed by atoms with Crippen molar-refractivity contribution in [2.75, 3.05) is 13.1 Å². The van der Waals surface area contributed by atoms with Crippen molar-refractivity contribution in [3.05, 3.63) is 46.8 Å². The molecule has 1 aliphatic heterocycles. The second-order valence-electron chi connectivity index (χ2n) is 5.56. The SMILES string of the molecule is CCN1CCc2nc(-c3ccccc3C)nc(CN)c2C1. The predicted octanol–water partition coefficient (Wildman–Crippen LogP) is 2.29. The molecule has 2 aromatic rings. The highest BCUT2D eigenvalue weighted by atomic mass is 15.1.